The van der Waals surface area contributed by atoms with Crippen molar-refractivity contribution in [2.24, 2.45) is 11.3 Å². The van der Waals surface area contributed by atoms with Crippen molar-refractivity contribution < 1.29 is 39.3 Å². The van der Waals surface area contributed by atoms with Gasteiger partial charge in [0.05, 0.1) is 12.5 Å². The summed E-state index contributed by atoms with van der Waals surface area (Å²) in [5.74, 6) is -5.38. The Morgan fingerprint density at radius 1 is 0.946 bits per heavy atom. The van der Waals surface area contributed by atoms with Gasteiger partial charge in [0.2, 0.25) is 5.79 Å². The van der Waals surface area contributed by atoms with Gasteiger partial charge in [0.25, 0.3) is 11.8 Å². The number of aliphatic hydroxyl groups excluding tert-OH is 2. The third-order valence-electron chi connectivity index (χ3n) is 7.68. The van der Waals surface area contributed by atoms with Crippen molar-refractivity contribution in [3.63, 3.8) is 0 Å². The number of ether oxygens (including phenoxy) is 1. The Hall–Kier alpha value is -3.19. The van der Waals surface area contributed by atoms with E-state index < -0.39 is 59.4 Å². The number of barbiturate groups is 1. The smallest absolute Gasteiger partial charge is 0.332 e. The Kier molecular flexibility index (Phi) is 6.18. The molecule has 0 radical (unpaired) electrons. The van der Waals surface area contributed by atoms with Gasteiger partial charge in [-0.25, -0.2) is 4.79 Å². The SMILES string of the molecule is CN1C(=O)N(C)C(=O)C2(C1=O)[C@@H]1[C@](O)(Cc3ccccc3)[C@H](O)[C@@H](CO)O[C@]12ONCc1ccccc1. The van der Waals surface area contributed by atoms with Crippen LogP contribution in [0.5, 0.6) is 0 Å². The lowest BCUT2D eigenvalue weighted by Gasteiger charge is -2.43. The number of hydrogen-bond donors (Lipinski definition) is 4. The minimum absolute atomic E-state index is 0.158. The van der Waals surface area contributed by atoms with Gasteiger partial charge in [0, 0.05) is 27.1 Å². The molecule has 3 fully saturated rings. The van der Waals surface area contributed by atoms with E-state index in [0.29, 0.717) is 5.56 Å². The summed E-state index contributed by atoms with van der Waals surface area (Å²) < 4.78 is 6.00. The first-order valence-electron chi connectivity index (χ1n) is 11.9. The van der Waals surface area contributed by atoms with Crippen LogP contribution in [0.1, 0.15) is 11.1 Å². The van der Waals surface area contributed by atoms with Crippen molar-refractivity contribution in [1.82, 2.24) is 15.3 Å². The number of amides is 4. The van der Waals surface area contributed by atoms with Gasteiger partial charge >= 0.3 is 6.03 Å². The number of aliphatic hydroxyl groups is 3. The first-order valence-corrected chi connectivity index (χ1v) is 11.9. The molecule has 2 aromatic carbocycles. The van der Waals surface area contributed by atoms with Crippen LogP contribution < -0.4 is 5.48 Å². The molecule has 1 spiro atoms. The highest BCUT2D eigenvalue weighted by molar-refractivity contribution is 6.22. The van der Waals surface area contributed by atoms with Gasteiger partial charge in [0.15, 0.2) is 5.41 Å². The van der Waals surface area contributed by atoms with Crippen molar-refractivity contribution in [1.29, 1.82) is 0 Å². The van der Waals surface area contributed by atoms with Crippen molar-refractivity contribution in [3.8, 4) is 0 Å². The number of fused-ring (bicyclic) bond motifs is 3. The van der Waals surface area contributed by atoms with Crippen LogP contribution in [0, 0.1) is 11.3 Å². The molecule has 1 saturated carbocycles. The lowest BCUT2D eigenvalue weighted by atomic mass is 9.77. The van der Waals surface area contributed by atoms with Gasteiger partial charge in [-0.05, 0) is 11.1 Å². The van der Waals surface area contributed by atoms with Crippen molar-refractivity contribution in [3.05, 3.63) is 71.8 Å². The summed E-state index contributed by atoms with van der Waals surface area (Å²) in [5.41, 5.74) is -0.154. The van der Waals surface area contributed by atoms with E-state index in [0.717, 1.165) is 15.4 Å². The number of hydroxylamine groups is 1. The highest BCUT2D eigenvalue weighted by Gasteiger charge is 2.97. The zero-order chi connectivity index (χ0) is 26.6. The molecule has 2 saturated heterocycles. The molecule has 5 atom stereocenters. The molecule has 4 amide bonds. The molecule has 3 aliphatic rings. The van der Waals surface area contributed by atoms with E-state index in [-0.39, 0.29) is 13.0 Å². The molecule has 2 aliphatic heterocycles. The molecular formula is C26H29N3O8. The lowest BCUT2D eigenvalue weighted by Crippen LogP contribution is -2.61. The number of nitrogens with zero attached hydrogens (tertiary/aromatic N) is 2. The van der Waals surface area contributed by atoms with Gasteiger partial charge in [-0.3, -0.25) is 24.2 Å². The fourth-order valence-corrected chi connectivity index (χ4v) is 5.89. The number of nitrogens with one attached hydrogen (secondary N) is 1. The second-order valence-electron chi connectivity index (χ2n) is 9.77. The van der Waals surface area contributed by atoms with Crippen LogP contribution in [0.3, 0.4) is 0 Å². The Balaban J connectivity index is 1.61. The van der Waals surface area contributed by atoms with E-state index in [1.807, 2.05) is 30.3 Å². The number of rotatable bonds is 7. The van der Waals surface area contributed by atoms with E-state index in [2.05, 4.69) is 5.48 Å². The topological polar surface area (TPSA) is 149 Å². The normalized spacial score (nSPS) is 32.6. The van der Waals surface area contributed by atoms with Gasteiger partial charge in [-0.2, -0.15) is 5.48 Å². The average molecular weight is 512 g/mol. The third-order valence-corrected chi connectivity index (χ3v) is 7.68. The number of imide groups is 2. The molecule has 5 rings (SSSR count). The second kappa shape index (κ2) is 8.98. The Morgan fingerprint density at radius 2 is 1.49 bits per heavy atom. The fourth-order valence-electron chi connectivity index (χ4n) is 5.89. The number of hydrogen-bond acceptors (Lipinski definition) is 9. The molecule has 0 unspecified atom stereocenters. The maximum atomic E-state index is 13.7. The molecule has 11 heteroatoms. The molecule has 0 bridgehead atoms. The zero-order valence-corrected chi connectivity index (χ0v) is 20.4. The van der Waals surface area contributed by atoms with E-state index >= 15 is 0 Å². The number of urea groups is 1. The van der Waals surface area contributed by atoms with Crippen molar-refractivity contribution >= 4 is 17.8 Å². The summed E-state index contributed by atoms with van der Waals surface area (Å²) in [6.07, 6.45) is -3.24. The average Bonchev–Trinajstić information content (AvgIpc) is 3.53. The van der Waals surface area contributed by atoms with Crippen LogP contribution in [0.25, 0.3) is 0 Å². The quantitative estimate of drug-likeness (QED) is 0.293. The highest BCUT2D eigenvalue weighted by Crippen LogP contribution is 2.74. The van der Waals surface area contributed by atoms with Gasteiger partial charge in [-0.1, -0.05) is 60.7 Å². The van der Waals surface area contributed by atoms with Gasteiger partial charge in [-0.15, -0.1) is 0 Å². The Morgan fingerprint density at radius 3 is 2.03 bits per heavy atom. The molecule has 196 valence electrons. The number of benzene rings is 2. The molecule has 2 heterocycles. The summed E-state index contributed by atoms with van der Waals surface area (Å²) in [7, 11) is 2.45. The summed E-state index contributed by atoms with van der Waals surface area (Å²) in [6, 6.07) is 17.1. The first-order chi connectivity index (χ1) is 17.6. The fraction of sp³-hybridized carbons (Fsp3) is 0.423. The molecule has 1 aliphatic carbocycles. The molecule has 2 aromatic rings. The molecular weight excluding hydrogens is 482 g/mol. The van der Waals surface area contributed by atoms with Crippen LogP contribution in [-0.2, 0) is 32.1 Å². The zero-order valence-electron chi connectivity index (χ0n) is 20.4. The molecule has 11 nitrogen and oxygen atoms in total. The maximum Gasteiger partial charge on any atom is 0.332 e. The summed E-state index contributed by atoms with van der Waals surface area (Å²) in [6.45, 7) is -0.566. The molecule has 0 aromatic heterocycles. The predicted octanol–water partition coefficient (Wildman–Crippen LogP) is -0.203. The van der Waals surface area contributed by atoms with Crippen molar-refractivity contribution in [2.45, 2.75) is 36.6 Å². The summed E-state index contributed by atoms with van der Waals surface area (Å²) in [5, 5.41) is 33.4. The van der Waals surface area contributed by atoms with E-state index in [4.69, 9.17) is 9.57 Å². The van der Waals surface area contributed by atoms with Crippen molar-refractivity contribution in [2.75, 3.05) is 20.7 Å². The summed E-state index contributed by atoms with van der Waals surface area (Å²) >= 11 is 0. The van der Waals surface area contributed by atoms with Crippen LogP contribution >= 0.6 is 0 Å². The highest BCUT2D eigenvalue weighted by atomic mass is 16.8. The minimum Gasteiger partial charge on any atom is -0.394 e. The number of carbonyl (C=O) groups excluding carboxylic acids is 3. The first kappa shape index (κ1) is 25.5. The van der Waals surface area contributed by atoms with Crippen LogP contribution in [0.2, 0.25) is 0 Å². The molecule has 4 N–H and O–H groups in total. The summed E-state index contributed by atoms with van der Waals surface area (Å²) in [4.78, 5) is 47.6. The van der Waals surface area contributed by atoms with Gasteiger partial charge < -0.3 is 20.1 Å². The largest absolute Gasteiger partial charge is 0.394 e. The van der Waals surface area contributed by atoms with Gasteiger partial charge in [0.1, 0.15) is 17.8 Å². The predicted molar refractivity (Wildman–Crippen MR) is 127 cm³/mol. The monoisotopic (exact) mass is 511 g/mol. The van der Waals surface area contributed by atoms with Crippen LogP contribution in [-0.4, -0.2) is 87.3 Å². The van der Waals surface area contributed by atoms with E-state index in [1.165, 1.54) is 14.1 Å². The van der Waals surface area contributed by atoms with E-state index in [9.17, 15) is 29.7 Å². The third kappa shape index (κ3) is 3.46. The number of carbonyl (C=O) groups is 3. The lowest BCUT2D eigenvalue weighted by molar-refractivity contribution is -0.315. The second-order valence-corrected chi connectivity index (χ2v) is 9.77. The maximum absolute atomic E-state index is 13.7. The van der Waals surface area contributed by atoms with Crippen LogP contribution in [0.4, 0.5) is 4.79 Å². The minimum atomic E-state index is -2.19. The Labute approximate surface area is 213 Å². The standard InChI is InChI=1S/C26H29N3O8/c1-28-21(32)25(22(33)29(2)23(28)34)20-24(35,13-16-9-5-3-6-10-16)19(31)18(15-30)36-26(20,25)37-27-14-17-11-7-4-8-12-17/h3-12,18-20,27,30-31,35H,13-15H2,1-2H3/t18-,19-,20+,24+,26+/m1/s1. The molecule has 37 heavy (non-hydrogen) atoms. The van der Waals surface area contributed by atoms with E-state index in [1.54, 1.807) is 30.3 Å². The van der Waals surface area contributed by atoms with Crippen LogP contribution in [0.15, 0.2) is 60.7 Å². The Bertz CT molecular complexity index is 1190.